The van der Waals surface area contributed by atoms with Crippen molar-refractivity contribution < 1.29 is 0 Å². The second-order valence-corrected chi connectivity index (χ2v) is 12.3. The molecule has 1 heteroatoms. The fourth-order valence-electron chi connectivity index (χ4n) is 7.47. The lowest BCUT2D eigenvalue weighted by Gasteiger charge is -2.19. The third kappa shape index (κ3) is 3.94. The lowest BCUT2D eigenvalue weighted by atomic mass is 9.84. The van der Waals surface area contributed by atoms with Gasteiger partial charge in [0.2, 0.25) is 0 Å². The Bertz CT molecular complexity index is 2530. The van der Waals surface area contributed by atoms with E-state index in [0.29, 0.717) is 0 Å². The average molecular weight is 574 g/mol. The number of benzene rings is 8. The van der Waals surface area contributed by atoms with E-state index in [2.05, 4.69) is 170 Å². The van der Waals surface area contributed by atoms with Crippen molar-refractivity contribution in [1.29, 1.82) is 0 Å². The highest BCUT2D eigenvalue weighted by Crippen LogP contribution is 2.46. The first-order valence-corrected chi connectivity index (χ1v) is 15.7. The van der Waals surface area contributed by atoms with Gasteiger partial charge >= 0.3 is 0 Å². The molecule has 212 valence electrons. The van der Waals surface area contributed by atoms with Gasteiger partial charge in [-0.15, -0.1) is 0 Å². The summed E-state index contributed by atoms with van der Waals surface area (Å²) in [4.78, 5) is 0. The molecule has 0 fully saturated rings. The number of fused-ring (bicyclic) bond motifs is 7. The first-order valence-electron chi connectivity index (χ1n) is 15.7. The summed E-state index contributed by atoms with van der Waals surface area (Å²) in [6.07, 6.45) is 0. The zero-order valence-electron chi connectivity index (χ0n) is 25.4. The molecule has 0 saturated heterocycles. The molecular formula is C44H31N. The zero-order valence-corrected chi connectivity index (χ0v) is 25.4. The van der Waals surface area contributed by atoms with Gasteiger partial charge in [-0.3, -0.25) is 0 Å². The molecule has 45 heavy (non-hydrogen) atoms. The summed E-state index contributed by atoms with van der Waals surface area (Å²) in [6, 6.07) is 56.0. The Morgan fingerprint density at radius 2 is 0.933 bits per heavy atom. The van der Waals surface area contributed by atoms with Crippen LogP contribution >= 0.6 is 0 Å². The van der Waals surface area contributed by atoms with Gasteiger partial charge in [-0.05, 0) is 105 Å². The Morgan fingerprint density at radius 3 is 1.60 bits per heavy atom. The number of hydrogen-bond acceptors (Lipinski definition) is 0. The quantitative estimate of drug-likeness (QED) is 0.146. The lowest BCUT2D eigenvalue weighted by molar-refractivity contribution is 1.18. The average Bonchev–Trinajstić information content (AvgIpc) is 3.40. The minimum absolute atomic E-state index is 1.17. The smallest absolute Gasteiger partial charge is 0.0541 e. The number of rotatable bonds is 3. The van der Waals surface area contributed by atoms with Crippen molar-refractivity contribution in [2.45, 2.75) is 13.8 Å². The number of aromatic nitrogens is 1. The number of aryl methyl sites for hydroxylation is 2. The van der Waals surface area contributed by atoms with E-state index in [0.717, 1.165) is 0 Å². The van der Waals surface area contributed by atoms with Crippen LogP contribution < -0.4 is 0 Å². The second-order valence-electron chi connectivity index (χ2n) is 12.3. The van der Waals surface area contributed by atoms with Crippen molar-refractivity contribution >= 4 is 54.1 Å². The highest BCUT2D eigenvalue weighted by molar-refractivity contribution is 6.27. The van der Waals surface area contributed by atoms with Crippen molar-refractivity contribution in [3.8, 4) is 27.9 Å². The van der Waals surface area contributed by atoms with E-state index in [1.165, 1.54) is 93.2 Å². The fourth-order valence-corrected chi connectivity index (χ4v) is 7.47. The van der Waals surface area contributed by atoms with E-state index in [9.17, 15) is 0 Å². The Morgan fingerprint density at radius 1 is 0.378 bits per heavy atom. The molecule has 0 aliphatic carbocycles. The molecule has 9 rings (SSSR count). The molecule has 1 aromatic heterocycles. The van der Waals surface area contributed by atoms with Crippen molar-refractivity contribution in [3.05, 3.63) is 163 Å². The monoisotopic (exact) mass is 573 g/mol. The maximum atomic E-state index is 2.41. The molecule has 0 radical (unpaired) electrons. The van der Waals surface area contributed by atoms with Crippen LogP contribution in [-0.4, -0.2) is 4.57 Å². The SMILES string of the molecule is Cc1ccc2c(c1)c1cc(C)ccc1n2-c1ccc(-c2c3ccccc3c(-c3ccccc3)c3c2ccc2ccccc23)cc1. The first kappa shape index (κ1) is 25.8. The summed E-state index contributed by atoms with van der Waals surface area (Å²) in [7, 11) is 0. The van der Waals surface area contributed by atoms with Crippen LogP contribution in [0.1, 0.15) is 11.1 Å². The van der Waals surface area contributed by atoms with Crippen molar-refractivity contribution in [2.75, 3.05) is 0 Å². The molecule has 0 amide bonds. The largest absolute Gasteiger partial charge is 0.309 e. The van der Waals surface area contributed by atoms with Crippen molar-refractivity contribution in [1.82, 2.24) is 4.57 Å². The summed E-state index contributed by atoms with van der Waals surface area (Å²) < 4.78 is 2.41. The number of hydrogen-bond donors (Lipinski definition) is 0. The van der Waals surface area contributed by atoms with Gasteiger partial charge in [0.15, 0.2) is 0 Å². The van der Waals surface area contributed by atoms with Crippen LogP contribution in [0.25, 0.3) is 82.1 Å². The van der Waals surface area contributed by atoms with Crippen LogP contribution in [-0.2, 0) is 0 Å². The second kappa shape index (κ2) is 9.94. The molecule has 0 bridgehead atoms. The molecule has 1 nitrogen and oxygen atoms in total. The third-order valence-corrected chi connectivity index (χ3v) is 9.47. The van der Waals surface area contributed by atoms with Crippen molar-refractivity contribution in [3.63, 3.8) is 0 Å². The van der Waals surface area contributed by atoms with Crippen molar-refractivity contribution in [2.24, 2.45) is 0 Å². The van der Waals surface area contributed by atoms with E-state index in [1.807, 2.05) is 0 Å². The first-order chi connectivity index (χ1) is 22.2. The minimum atomic E-state index is 1.17. The van der Waals surface area contributed by atoms with Gasteiger partial charge < -0.3 is 4.57 Å². The summed E-state index contributed by atoms with van der Waals surface area (Å²) >= 11 is 0. The van der Waals surface area contributed by atoms with E-state index in [4.69, 9.17) is 0 Å². The van der Waals surface area contributed by atoms with Crippen LogP contribution in [0.5, 0.6) is 0 Å². The van der Waals surface area contributed by atoms with E-state index in [-0.39, 0.29) is 0 Å². The van der Waals surface area contributed by atoms with Crippen LogP contribution in [0.2, 0.25) is 0 Å². The summed E-state index contributed by atoms with van der Waals surface area (Å²) in [5.41, 5.74) is 11.3. The lowest BCUT2D eigenvalue weighted by Crippen LogP contribution is -1.95. The molecular weight excluding hydrogens is 542 g/mol. The number of nitrogens with zero attached hydrogens (tertiary/aromatic N) is 1. The highest BCUT2D eigenvalue weighted by atomic mass is 15.0. The third-order valence-electron chi connectivity index (χ3n) is 9.47. The highest BCUT2D eigenvalue weighted by Gasteiger charge is 2.19. The summed E-state index contributed by atoms with van der Waals surface area (Å²) in [5.74, 6) is 0. The Labute approximate surface area is 262 Å². The Kier molecular flexibility index (Phi) is 5.70. The molecule has 8 aromatic carbocycles. The zero-order chi connectivity index (χ0) is 30.1. The van der Waals surface area contributed by atoms with Crippen LogP contribution in [0, 0.1) is 13.8 Å². The molecule has 0 atom stereocenters. The standard InChI is InChI=1S/C44H31N/c1-28-16-24-40-38(26-28)39-27-29(2)17-25-41(39)45(40)33-21-18-32(19-22-33)42-35-14-8-9-15-36(35)43(31-11-4-3-5-12-31)44-34-13-7-6-10-30(34)20-23-37(42)44/h3-27H,1-2H3. The summed E-state index contributed by atoms with van der Waals surface area (Å²) in [5, 5.41) is 10.3. The van der Waals surface area contributed by atoms with Crippen LogP contribution in [0.4, 0.5) is 0 Å². The topological polar surface area (TPSA) is 4.93 Å². The van der Waals surface area contributed by atoms with Gasteiger partial charge in [-0.1, -0.05) is 126 Å². The van der Waals surface area contributed by atoms with E-state index >= 15 is 0 Å². The molecule has 0 unspecified atom stereocenters. The van der Waals surface area contributed by atoms with Gasteiger partial charge in [0.05, 0.1) is 11.0 Å². The Hall–Kier alpha value is -5.66. The predicted octanol–water partition coefficient (Wildman–Crippen LogP) is 12.2. The maximum absolute atomic E-state index is 2.41. The summed E-state index contributed by atoms with van der Waals surface area (Å²) in [6.45, 7) is 4.35. The molecule has 0 N–H and O–H groups in total. The molecule has 0 aliphatic rings. The molecule has 0 spiro atoms. The van der Waals surface area contributed by atoms with E-state index < -0.39 is 0 Å². The molecule has 0 aliphatic heterocycles. The van der Waals surface area contributed by atoms with Crippen LogP contribution in [0.15, 0.2) is 152 Å². The maximum Gasteiger partial charge on any atom is 0.0541 e. The van der Waals surface area contributed by atoms with Gasteiger partial charge in [-0.25, -0.2) is 0 Å². The Balaban J connectivity index is 1.33. The van der Waals surface area contributed by atoms with E-state index in [1.54, 1.807) is 0 Å². The van der Waals surface area contributed by atoms with Gasteiger partial charge in [-0.2, -0.15) is 0 Å². The molecule has 1 heterocycles. The van der Waals surface area contributed by atoms with Gasteiger partial charge in [0.25, 0.3) is 0 Å². The van der Waals surface area contributed by atoms with Gasteiger partial charge in [0.1, 0.15) is 0 Å². The molecule has 0 saturated carbocycles. The normalized spacial score (nSPS) is 11.8. The van der Waals surface area contributed by atoms with Crippen LogP contribution in [0.3, 0.4) is 0 Å². The van der Waals surface area contributed by atoms with Gasteiger partial charge in [0, 0.05) is 16.5 Å². The predicted molar refractivity (Wildman–Crippen MR) is 194 cm³/mol. The minimum Gasteiger partial charge on any atom is -0.309 e. The molecule has 9 aromatic rings. The fraction of sp³-hybridized carbons (Fsp3) is 0.0455.